The zero-order valence-corrected chi connectivity index (χ0v) is 12.8. The van der Waals surface area contributed by atoms with Gasteiger partial charge in [-0.1, -0.05) is 25.0 Å². The molecule has 6 heteroatoms. The summed E-state index contributed by atoms with van der Waals surface area (Å²) >= 11 is 0. The topological polar surface area (TPSA) is 62.3 Å². The van der Waals surface area contributed by atoms with E-state index in [1.54, 1.807) is 0 Å². The minimum Gasteiger partial charge on any atom is -0.352 e. The molecule has 1 aromatic rings. The zero-order valence-electron chi connectivity index (χ0n) is 12.8. The molecule has 1 N–H and O–H groups in total. The molecular formula is C15H22BN3O2. The molecule has 0 spiro atoms. The molecule has 5 nitrogen and oxygen atoms in total. The normalized spacial score (nSPS) is 14.9. The van der Waals surface area contributed by atoms with E-state index >= 15 is 0 Å². The second-order valence-electron chi connectivity index (χ2n) is 5.69. The van der Waals surface area contributed by atoms with Gasteiger partial charge in [-0.3, -0.25) is 14.6 Å². The predicted octanol–water partition coefficient (Wildman–Crippen LogP) is -0.253. The summed E-state index contributed by atoms with van der Waals surface area (Å²) in [5.74, 6) is -0.190. The molecule has 1 aliphatic carbocycles. The van der Waals surface area contributed by atoms with Crippen LogP contribution in [-0.4, -0.2) is 42.1 Å². The van der Waals surface area contributed by atoms with Gasteiger partial charge in [-0.15, -0.1) is 0 Å². The summed E-state index contributed by atoms with van der Waals surface area (Å²) in [7, 11) is 1.91. The third kappa shape index (κ3) is 4.88. The molecule has 0 aromatic carbocycles. The maximum Gasteiger partial charge on any atom is 0.239 e. The summed E-state index contributed by atoms with van der Waals surface area (Å²) < 4.78 is 0. The molecule has 1 heterocycles. The number of nitrogens with one attached hydrogen (secondary N) is 1. The quantitative estimate of drug-likeness (QED) is 0.759. The first-order valence-electron chi connectivity index (χ1n) is 7.52. The van der Waals surface area contributed by atoms with Gasteiger partial charge >= 0.3 is 0 Å². The van der Waals surface area contributed by atoms with E-state index in [4.69, 9.17) is 0 Å². The lowest BCUT2D eigenvalue weighted by Gasteiger charge is -2.21. The molecule has 2 rings (SSSR count). The van der Waals surface area contributed by atoms with Gasteiger partial charge in [0, 0.05) is 13.0 Å². The van der Waals surface area contributed by atoms with Crippen LogP contribution in [0.3, 0.4) is 0 Å². The molecule has 0 radical (unpaired) electrons. The fourth-order valence-electron chi connectivity index (χ4n) is 2.68. The van der Waals surface area contributed by atoms with Gasteiger partial charge in [0.1, 0.15) is 0 Å². The van der Waals surface area contributed by atoms with Crippen molar-refractivity contribution in [1.82, 2.24) is 15.2 Å². The van der Waals surface area contributed by atoms with Gasteiger partial charge in [0.05, 0.1) is 18.8 Å². The van der Waals surface area contributed by atoms with Gasteiger partial charge < -0.3 is 10.2 Å². The van der Waals surface area contributed by atoms with Crippen molar-refractivity contribution < 1.29 is 9.59 Å². The minimum absolute atomic E-state index is 0.0789. The zero-order chi connectivity index (χ0) is 15.2. The van der Waals surface area contributed by atoms with Crippen molar-refractivity contribution in [2.24, 2.45) is 0 Å². The number of hydrogen-bond donors (Lipinski definition) is 1. The maximum atomic E-state index is 12.0. The Morgan fingerprint density at radius 1 is 1.38 bits per heavy atom. The maximum absolute atomic E-state index is 12.0. The van der Waals surface area contributed by atoms with Gasteiger partial charge in [0.2, 0.25) is 11.8 Å². The fourth-order valence-corrected chi connectivity index (χ4v) is 2.68. The Morgan fingerprint density at radius 2 is 2.10 bits per heavy atom. The minimum atomic E-state index is -0.111. The molecule has 0 unspecified atom stereocenters. The molecule has 1 aliphatic rings. The van der Waals surface area contributed by atoms with Crippen LogP contribution in [-0.2, 0) is 16.1 Å². The van der Waals surface area contributed by atoms with Gasteiger partial charge in [0.15, 0.2) is 7.85 Å². The predicted molar refractivity (Wildman–Crippen MR) is 83.9 cm³/mol. The van der Waals surface area contributed by atoms with Crippen molar-refractivity contribution in [3.63, 3.8) is 0 Å². The molecule has 1 aromatic heterocycles. The van der Waals surface area contributed by atoms with E-state index < -0.39 is 0 Å². The van der Waals surface area contributed by atoms with Crippen molar-refractivity contribution in [2.45, 2.75) is 45.2 Å². The van der Waals surface area contributed by atoms with Crippen LogP contribution in [0.4, 0.5) is 0 Å². The number of hydrogen-bond acceptors (Lipinski definition) is 3. The lowest BCUT2D eigenvalue weighted by molar-refractivity contribution is -0.135. The number of pyridine rings is 1. The van der Waals surface area contributed by atoms with Crippen LogP contribution in [0.15, 0.2) is 18.2 Å². The second-order valence-corrected chi connectivity index (χ2v) is 5.69. The number of aromatic nitrogens is 1. The molecule has 1 fully saturated rings. The number of carbonyl (C=O) groups is 2. The SMILES string of the molecule is Bc1cccc(CN(CC(=O)NC2CCCC2)C(C)=O)n1. The second kappa shape index (κ2) is 7.25. The summed E-state index contributed by atoms with van der Waals surface area (Å²) in [4.78, 5) is 29.7. The van der Waals surface area contributed by atoms with E-state index in [0.29, 0.717) is 6.54 Å². The molecule has 2 amide bonds. The van der Waals surface area contributed by atoms with Crippen LogP contribution < -0.4 is 10.9 Å². The molecule has 112 valence electrons. The number of amides is 2. The molecule has 0 atom stereocenters. The van der Waals surface area contributed by atoms with Crippen molar-refractivity contribution in [3.8, 4) is 0 Å². The summed E-state index contributed by atoms with van der Waals surface area (Å²) in [5, 5.41) is 3.01. The summed E-state index contributed by atoms with van der Waals surface area (Å²) in [6, 6.07) is 5.98. The van der Waals surface area contributed by atoms with Crippen LogP contribution in [0, 0.1) is 0 Å². The first-order chi connectivity index (χ1) is 10.0. The van der Waals surface area contributed by atoms with E-state index in [9.17, 15) is 9.59 Å². The Morgan fingerprint density at radius 3 is 2.71 bits per heavy atom. The highest BCUT2D eigenvalue weighted by molar-refractivity contribution is 6.30. The van der Waals surface area contributed by atoms with E-state index in [0.717, 1.165) is 24.1 Å². The van der Waals surface area contributed by atoms with Crippen LogP contribution in [0.2, 0.25) is 0 Å². The molecule has 21 heavy (non-hydrogen) atoms. The third-order valence-corrected chi connectivity index (χ3v) is 3.80. The molecular weight excluding hydrogens is 265 g/mol. The average molecular weight is 287 g/mol. The van der Waals surface area contributed by atoms with Crippen molar-refractivity contribution in [1.29, 1.82) is 0 Å². The van der Waals surface area contributed by atoms with E-state index in [1.807, 2.05) is 26.0 Å². The van der Waals surface area contributed by atoms with Gasteiger partial charge in [-0.25, -0.2) is 0 Å². The summed E-state index contributed by atoms with van der Waals surface area (Å²) in [6.45, 7) is 1.95. The average Bonchev–Trinajstić information content (AvgIpc) is 2.90. The van der Waals surface area contributed by atoms with E-state index in [2.05, 4.69) is 10.3 Å². The number of rotatable bonds is 5. The highest BCUT2D eigenvalue weighted by Crippen LogP contribution is 2.17. The summed E-state index contributed by atoms with van der Waals surface area (Å²) in [5.41, 5.74) is 1.71. The van der Waals surface area contributed by atoms with Crippen LogP contribution >= 0.6 is 0 Å². The fraction of sp³-hybridized carbons (Fsp3) is 0.533. The Labute approximate surface area is 126 Å². The Bertz CT molecular complexity index is 515. The lowest BCUT2D eigenvalue weighted by atomic mass is 10.0. The van der Waals surface area contributed by atoms with Crippen LogP contribution in [0.5, 0.6) is 0 Å². The molecule has 0 saturated heterocycles. The Balaban J connectivity index is 1.92. The van der Waals surface area contributed by atoms with Crippen molar-refractivity contribution in [3.05, 3.63) is 23.9 Å². The van der Waals surface area contributed by atoms with E-state index in [-0.39, 0.29) is 24.4 Å². The van der Waals surface area contributed by atoms with Crippen LogP contribution in [0.25, 0.3) is 0 Å². The van der Waals surface area contributed by atoms with Crippen molar-refractivity contribution >= 4 is 25.3 Å². The number of carbonyl (C=O) groups excluding carboxylic acids is 2. The third-order valence-electron chi connectivity index (χ3n) is 3.80. The number of nitrogens with zero attached hydrogens (tertiary/aromatic N) is 2. The van der Waals surface area contributed by atoms with Gasteiger partial charge in [0.25, 0.3) is 0 Å². The molecule has 0 bridgehead atoms. The monoisotopic (exact) mass is 287 g/mol. The lowest BCUT2D eigenvalue weighted by Crippen LogP contribution is -2.42. The largest absolute Gasteiger partial charge is 0.352 e. The highest BCUT2D eigenvalue weighted by atomic mass is 16.2. The van der Waals surface area contributed by atoms with E-state index in [1.165, 1.54) is 24.7 Å². The first-order valence-corrected chi connectivity index (χ1v) is 7.52. The Kier molecular flexibility index (Phi) is 5.36. The summed E-state index contributed by atoms with van der Waals surface area (Å²) in [6.07, 6.45) is 4.44. The molecule has 0 aliphatic heterocycles. The standard InChI is InChI=1S/C15H22BN3O2/c1-11(20)19(9-13-7-4-8-14(16)17-13)10-15(21)18-12-5-2-3-6-12/h4,7-8,12H,2-3,5-6,9-10,16H2,1H3,(H,18,21). The van der Waals surface area contributed by atoms with Gasteiger partial charge in [-0.2, -0.15) is 0 Å². The Hall–Kier alpha value is -1.85. The van der Waals surface area contributed by atoms with Crippen LogP contribution in [0.1, 0.15) is 38.3 Å². The van der Waals surface area contributed by atoms with Crippen molar-refractivity contribution in [2.75, 3.05) is 6.54 Å². The first kappa shape index (κ1) is 15.5. The smallest absolute Gasteiger partial charge is 0.239 e. The highest BCUT2D eigenvalue weighted by Gasteiger charge is 2.20. The molecule has 1 saturated carbocycles. The van der Waals surface area contributed by atoms with Gasteiger partial charge in [-0.05, 0) is 24.5 Å².